The van der Waals surface area contributed by atoms with E-state index in [9.17, 15) is 4.79 Å². The second-order valence-electron chi connectivity index (χ2n) is 7.03. The molecule has 0 heterocycles. The lowest BCUT2D eigenvalue weighted by Gasteiger charge is -2.44. The molecular formula is C20H26O2Si. The average Bonchev–Trinajstić information content (AvgIpc) is 2.52. The maximum absolute atomic E-state index is 11.9. The van der Waals surface area contributed by atoms with Crippen LogP contribution in [0, 0.1) is 0 Å². The van der Waals surface area contributed by atoms with Gasteiger partial charge in [0.25, 0.3) is 8.32 Å². The standard InChI is InChI=1S/C20H26O2Si/c1-16(21)17(2)22-23(20(3,4)5,18-12-8-6-9-13-18)19-14-10-7-11-15-19/h6-15,17H,1-5H3. The maximum Gasteiger partial charge on any atom is 0.262 e. The number of benzene rings is 2. The monoisotopic (exact) mass is 326 g/mol. The van der Waals surface area contributed by atoms with Crippen molar-refractivity contribution in [2.24, 2.45) is 0 Å². The van der Waals surface area contributed by atoms with E-state index in [4.69, 9.17) is 4.43 Å². The van der Waals surface area contributed by atoms with Gasteiger partial charge < -0.3 is 4.43 Å². The van der Waals surface area contributed by atoms with Crippen LogP contribution in [0.3, 0.4) is 0 Å². The van der Waals surface area contributed by atoms with Crippen LogP contribution in [-0.4, -0.2) is 20.2 Å². The molecule has 0 spiro atoms. The number of Topliss-reactive ketones (excluding diaryl/α,β-unsaturated/α-hetero) is 1. The molecule has 0 N–H and O–H groups in total. The molecule has 0 radical (unpaired) electrons. The molecule has 0 aliphatic carbocycles. The Labute approximate surface area is 140 Å². The number of hydrogen-bond donors (Lipinski definition) is 0. The third kappa shape index (κ3) is 3.46. The highest BCUT2D eigenvalue weighted by molar-refractivity contribution is 6.99. The molecule has 0 aliphatic rings. The fourth-order valence-electron chi connectivity index (χ4n) is 3.04. The minimum absolute atomic E-state index is 0.0676. The smallest absolute Gasteiger partial charge is 0.262 e. The van der Waals surface area contributed by atoms with Crippen LogP contribution in [0.25, 0.3) is 0 Å². The fourth-order valence-corrected chi connectivity index (χ4v) is 7.75. The van der Waals surface area contributed by atoms with Crippen LogP contribution in [0.5, 0.6) is 0 Å². The van der Waals surface area contributed by atoms with Crippen molar-refractivity contribution in [3.8, 4) is 0 Å². The Kier molecular flexibility index (Phi) is 5.22. The largest absolute Gasteiger partial charge is 0.398 e. The second-order valence-corrected chi connectivity index (χ2v) is 11.3. The predicted molar refractivity (Wildman–Crippen MR) is 98.8 cm³/mol. The molecule has 0 aromatic heterocycles. The highest BCUT2D eigenvalue weighted by Gasteiger charge is 2.51. The predicted octanol–water partition coefficient (Wildman–Crippen LogP) is 3.54. The Hall–Kier alpha value is -1.71. The van der Waals surface area contributed by atoms with Gasteiger partial charge in [-0.05, 0) is 29.3 Å². The first kappa shape index (κ1) is 17.6. The van der Waals surface area contributed by atoms with Gasteiger partial charge in [-0.25, -0.2) is 0 Å². The minimum atomic E-state index is -2.60. The van der Waals surface area contributed by atoms with Crippen LogP contribution in [0.2, 0.25) is 5.04 Å². The van der Waals surface area contributed by atoms with E-state index < -0.39 is 14.4 Å². The first-order valence-electron chi connectivity index (χ1n) is 8.08. The third-order valence-electron chi connectivity index (χ3n) is 4.34. The molecule has 23 heavy (non-hydrogen) atoms. The molecule has 0 fully saturated rings. The number of ketones is 1. The molecule has 2 rings (SSSR count). The van der Waals surface area contributed by atoms with E-state index in [-0.39, 0.29) is 10.8 Å². The number of rotatable bonds is 5. The summed E-state index contributed by atoms with van der Waals surface area (Å²) in [6.45, 7) is 10.1. The summed E-state index contributed by atoms with van der Waals surface area (Å²) in [4.78, 5) is 11.9. The normalized spacial score (nSPS) is 13.6. The van der Waals surface area contributed by atoms with Crippen molar-refractivity contribution in [1.29, 1.82) is 0 Å². The van der Waals surface area contributed by atoms with E-state index >= 15 is 0 Å². The highest BCUT2D eigenvalue weighted by Crippen LogP contribution is 2.37. The quantitative estimate of drug-likeness (QED) is 0.786. The molecule has 0 aliphatic heterocycles. The fraction of sp³-hybridized carbons (Fsp3) is 0.350. The SMILES string of the molecule is CC(=O)C(C)O[Si](c1ccccc1)(c1ccccc1)C(C)(C)C. The first-order chi connectivity index (χ1) is 10.8. The number of carbonyl (C=O) groups is 1. The van der Waals surface area contributed by atoms with Gasteiger partial charge in [0.15, 0.2) is 5.78 Å². The van der Waals surface area contributed by atoms with Crippen LogP contribution in [0.4, 0.5) is 0 Å². The average molecular weight is 327 g/mol. The molecule has 122 valence electrons. The van der Waals surface area contributed by atoms with Gasteiger partial charge in [-0.1, -0.05) is 81.4 Å². The van der Waals surface area contributed by atoms with Gasteiger partial charge in [-0.15, -0.1) is 0 Å². The molecule has 0 saturated carbocycles. The van der Waals surface area contributed by atoms with Crippen LogP contribution in [0.15, 0.2) is 60.7 Å². The van der Waals surface area contributed by atoms with Crippen LogP contribution in [0.1, 0.15) is 34.6 Å². The van der Waals surface area contributed by atoms with Gasteiger partial charge in [-0.3, -0.25) is 4.79 Å². The van der Waals surface area contributed by atoms with Gasteiger partial charge in [0.1, 0.15) is 6.10 Å². The Morgan fingerprint density at radius 3 is 1.61 bits per heavy atom. The summed E-state index contributed by atoms with van der Waals surface area (Å²) in [7, 11) is -2.60. The summed E-state index contributed by atoms with van der Waals surface area (Å²) in [6.07, 6.45) is -0.415. The summed E-state index contributed by atoms with van der Waals surface area (Å²) in [6, 6.07) is 20.8. The van der Waals surface area contributed by atoms with E-state index in [1.807, 2.05) is 43.3 Å². The van der Waals surface area contributed by atoms with E-state index in [1.54, 1.807) is 6.92 Å². The zero-order valence-electron chi connectivity index (χ0n) is 14.7. The van der Waals surface area contributed by atoms with Crippen LogP contribution < -0.4 is 10.4 Å². The van der Waals surface area contributed by atoms with E-state index in [0.717, 1.165) is 0 Å². The lowest BCUT2D eigenvalue weighted by Crippen LogP contribution is -2.68. The highest BCUT2D eigenvalue weighted by atomic mass is 28.4. The summed E-state index contributed by atoms with van der Waals surface area (Å²) in [5.41, 5.74) is 0. The molecule has 2 aromatic carbocycles. The van der Waals surface area contributed by atoms with Gasteiger partial charge in [0.05, 0.1) is 0 Å². The van der Waals surface area contributed by atoms with E-state index in [2.05, 4.69) is 45.0 Å². The Morgan fingerprint density at radius 2 is 1.30 bits per heavy atom. The zero-order valence-corrected chi connectivity index (χ0v) is 15.7. The van der Waals surface area contributed by atoms with Gasteiger partial charge in [0.2, 0.25) is 0 Å². The second kappa shape index (κ2) is 6.81. The Morgan fingerprint density at radius 1 is 0.913 bits per heavy atom. The molecule has 2 nitrogen and oxygen atoms in total. The molecule has 0 bridgehead atoms. The van der Waals surface area contributed by atoms with Crippen LogP contribution in [-0.2, 0) is 9.22 Å². The lowest BCUT2D eigenvalue weighted by atomic mass is 10.2. The van der Waals surface area contributed by atoms with Crippen molar-refractivity contribution < 1.29 is 9.22 Å². The lowest BCUT2D eigenvalue weighted by molar-refractivity contribution is -0.123. The van der Waals surface area contributed by atoms with Crippen molar-refractivity contribution in [2.75, 3.05) is 0 Å². The minimum Gasteiger partial charge on any atom is -0.398 e. The Balaban J connectivity index is 2.72. The van der Waals surface area contributed by atoms with E-state index in [0.29, 0.717) is 0 Å². The zero-order chi connectivity index (χ0) is 17.1. The van der Waals surface area contributed by atoms with Crippen LogP contribution >= 0.6 is 0 Å². The van der Waals surface area contributed by atoms with Crippen molar-refractivity contribution in [3.05, 3.63) is 60.7 Å². The number of carbonyl (C=O) groups excluding carboxylic acids is 1. The van der Waals surface area contributed by atoms with Crippen molar-refractivity contribution >= 4 is 24.5 Å². The summed E-state index contributed by atoms with van der Waals surface area (Å²) >= 11 is 0. The van der Waals surface area contributed by atoms with Gasteiger partial charge >= 0.3 is 0 Å². The molecule has 1 atom stereocenters. The molecule has 0 saturated heterocycles. The van der Waals surface area contributed by atoms with Crippen molar-refractivity contribution in [1.82, 2.24) is 0 Å². The maximum atomic E-state index is 11.9. The van der Waals surface area contributed by atoms with Crippen molar-refractivity contribution in [2.45, 2.75) is 45.8 Å². The summed E-state index contributed by atoms with van der Waals surface area (Å²) in [5.74, 6) is 0.0676. The molecule has 3 heteroatoms. The van der Waals surface area contributed by atoms with Gasteiger partial charge in [-0.2, -0.15) is 0 Å². The molecule has 0 amide bonds. The van der Waals surface area contributed by atoms with Gasteiger partial charge in [0, 0.05) is 0 Å². The molecule has 1 unspecified atom stereocenters. The summed E-state index contributed by atoms with van der Waals surface area (Å²) in [5, 5.41) is 2.30. The third-order valence-corrected chi connectivity index (χ3v) is 9.46. The number of hydrogen-bond acceptors (Lipinski definition) is 2. The first-order valence-corrected chi connectivity index (χ1v) is 9.99. The topological polar surface area (TPSA) is 26.3 Å². The molecular weight excluding hydrogens is 300 g/mol. The van der Waals surface area contributed by atoms with Crippen molar-refractivity contribution in [3.63, 3.8) is 0 Å². The molecule has 2 aromatic rings. The summed E-state index contributed by atoms with van der Waals surface area (Å²) < 4.78 is 6.63. The van der Waals surface area contributed by atoms with E-state index in [1.165, 1.54) is 10.4 Å². The Bertz CT molecular complexity index is 605.